The molecule has 0 aliphatic heterocycles. The third-order valence-electron chi connectivity index (χ3n) is 3.74. The van der Waals surface area contributed by atoms with Gasteiger partial charge in [0.2, 0.25) is 0 Å². The lowest BCUT2D eigenvalue weighted by atomic mass is 10.0. The Labute approximate surface area is 152 Å². The zero-order valence-corrected chi connectivity index (χ0v) is 15.3. The molecule has 134 valence electrons. The van der Waals surface area contributed by atoms with Crippen LogP contribution in [0.1, 0.15) is 48.7 Å². The fourth-order valence-corrected chi connectivity index (χ4v) is 2.63. The smallest absolute Gasteiger partial charge is 0.305 e. The van der Waals surface area contributed by atoms with Crippen LogP contribution in [-0.2, 0) is 9.53 Å². The van der Waals surface area contributed by atoms with Crippen molar-refractivity contribution < 1.29 is 14.3 Å². The van der Waals surface area contributed by atoms with Crippen LogP contribution in [0.4, 0.5) is 0 Å². The normalized spacial score (nSPS) is 10.8. The SMILES string of the molecule is COC(=O)CCCNC(=O)c1cnn(-c2ccc(Cl)cc2)c1C(C)C. The molecule has 0 aliphatic rings. The molecule has 7 heteroatoms. The maximum Gasteiger partial charge on any atom is 0.305 e. The Morgan fingerprint density at radius 2 is 1.96 bits per heavy atom. The summed E-state index contributed by atoms with van der Waals surface area (Å²) in [5, 5.41) is 7.84. The summed E-state index contributed by atoms with van der Waals surface area (Å²) in [7, 11) is 1.35. The van der Waals surface area contributed by atoms with E-state index in [1.807, 2.05) is 26.0 Å². The number of carbonyl (C=O) groups excluding carboxylic acids is 2. The number of rotatable bonds is 7. The number of hydrogen-bond acceptors (Lipinski definition) is 4. The van der Waals surface area contributed by atoms with Crippen LogP contribution < -0.4 is 5.32 Å². The van der Waals surface area contributed by atoms with Crippen LogP contribution in [0.2, 0.25) is 5.02 Å². The zero-order valence-electron chi connectivity index (χ0n) is 14.6. The highest BCUT2D eigenvalue weighted by molar-refractivity contribution is 6.30. The van der Waals surface area contributed by atoms with Gasteiger partial charge in [-0.3, -0.25) is 9.59 Å². The predicted molar refractivity (Wildman–Crippen MR) is 96.2 cm³/mol. The summed E-state index contributed by atoms with van der Waals surface area (Å²) in [5.41, 5.74) is 2.20. The number of esters is 1. The lowest BCUT2D eigenvalue weighted by Crippen LogP contribution is -2.26. The molecule has 0 aliphatic carbocycles. The average molecular weight is 364 g/mol. The van der Waals surface area contributed by atoms with Crippen LogP contribution in [0.25, 0.3) is 5.69 Å². The number of benzene rings is 1. The van der Waals surface area contributed by atoms with Gasteiger partial charge in [0.25, 0.3) is 5.91 Å². The molecule has 25 heavy (non-hydrogen) atoms. The summed E-state index contributed by atoms with van der Waals surface area (Å²) in [4.78, 5) is 23.6. The van der Waals surface area contributed by atoms with E-state index in [-0.39, 0.29) is 24.2 Å². The Kier molecular flexibility index (Phi) is 6.58. The largest absolute Gasteiger partial charge is 0.469 e. The molecule has 2 aromatic rings. The van der Waals surface area contributed by atoms with Crippen molar-refractivity contribution in [2.45, 2.75) is 32.6 Å². The molecule has 1 N–H and O–H groups in total. The van der Waals surface area contributed by atoms with Crippen molar-refractivity contribution in [1.82, 2.24) is 15.1 Å². The highest BCUT2D eigenvalue weighted by Gasteiger charge is 2.20. The molecular weight excluding hydrogens is 342 g/mol. The van der Waals surface area contributed by atoms with Gasteiger partial charge in [0.15, 0.2) is 0 Å². The van der Waals surface area contributed by atoms with Crippen LogP contribution in [0.5, 0.6) is 0 Å². The summed E-state index contributed by atoms with van der Waals surface area (Å²) in [5.74, 6) is -0.379. The van der Waals surface area contributed by atoms with Crippen LogP contribution >= 0.6 is 11.6 Å². The van der Waals surface area contributed by atoms with Crippen molar-refractivity contribution in [3.63, 3.8) is 0 Å². The molecule has 0 bridgehead atoms. The van der Waals surface area contributed by atoms with Crippen LogP contribution in [0, 0.1) is 0 Å². The summed E-state index contributed by atoms with van der Waals surface area (Å²) in [6, 6.07) is 7.29. The Hall–Kier alpha value is -2.34. The first-order valence-electron chi connectivity index (χ1n) is 8.13. The maximum atomic E-state index is 12.5. The number of methoxy groups -OCH3 is 1. The number of amides is 1. The van der Waals surface area contributed by atoms with E-state index in [1.54, 1.807) is 23.0 Å². The summed E-state index contributed by atoms with van der Waals surface area (Å²) >= 11 is 5.93. The molecule has 0 radical (unpaired) electrons. The van der Waals surface area contributed by atoms with Crippen molar-refractivity contribution in [3.8, 4) is 5.69 Å². The third kappa shape index (κ3) is 4.82. The fraction of sp³-hybridized carbons (Fsp3) is 0.389. The van der Waals surface area contributed by atoms with Crippen LogP contribution in [0.3, 0.4) is 0 Å². The first-order valence-corrected chi connectivity index (χ1v) is 8.50. The van der Waals surface area contributed by atoms with Crippen LogP contribution in [0.15, 0.2) is 30.5 Å². The molecule has 0 atom stereocenters. The van der Waals surface area contributed by atoms with E-state index in [9.17, 15) is 9.59 Å². The molecular formula is C18H22ClN3O3. The van der Waals surface area contributed by atoms with Crippen molar-refractivity contribution in [3.05, 3.63) is 46.7 Å². The van der Waals surface area contributed by atoms with Gasteiger partial charge in [-0.05, 0) is 36.6 Å². The molecule has 0 unspecified atom stereocenters. The molecule has 1 aromatic carbocycles. The fourth-order valence-electron chi connectivity index (χ4n) is 2.51. The van der Waals surface area contributed by atoms with Gasteiger partial charge >= 0.3 is 5.97 Å². The molecule has 1 amide bonds. The van der Waals surface area contributed by atoms with Gasteiger partial charge in [0.1, 0.15) is 0 Å². The van der Waals surface area contributed by atoms with Gasteiger partial charge in [-0.25, -0.2) is 4.68 Å². The second-order valence-corrected chi connectivity index (χ2v) is 6.36. The summed E-state index contributed by atoms with van der Waals surface area (Å²) in [6.07, 6.45) is 2.37. The van der Waals surface area contributed by atoms with E-state index in [1.165, 1.54) is 7.11 Å². The summed E-state index contributed by atoms with van der Waals surface area (Å²) < 4.78 is 6.33. The van der Waals surface area contributed by atoms with Crippen molar-refractivity contribution in [2.75, 3.05) is 13.7 Å². The minimum Gasteiger partial charge on any atom is -0.469 e. The number of nitrogens with one attached hydrogen (secondary N) is 1. The minimum absolute atomic E-state index is 0.106. The third-order valence-corrected chi connectivity index (χ3v) is 3.99. The first-order chi connectivity index (χ1) is 11.9. The second-order valence-electron chi connectivity index (χ2n) is 5.92. The van der Waals surface area contributed by atoms with E-state index in [0.717, 1.165) is 11.4 Å². The van der Waals surface area contributed by atoms with E-state index in [0.29, 0.717) is 23.6 Å². The molecule has 1 heterocycles. The minimum atomic E-state index is -0.285. The van der Waals surface area contributed by atoms with Gasteiger partial charge in [-0.15, -0.1) is 0 Å². The van der Waals surface area contributed by atoms with Crippen molar-refractivity contribution >= 4 is 23.5 Å². The number of carbonyl (C=O) groups is 2. The molecule has 0 saturated carbocycles. The Morgan fingerprint density at radius 3 is 2.56 bits per heavy atom. The highest BCUT2D eigenvalue weighted by Crippen LogP contribution is 2.24. The molecule has 2 rings (SSSR count). The van der Waals surface area contributed by atoms with Crippen molar-refractivity contribution in [2.24, 2.45) is 0 Å². The average Bonchev–Trinajstić information content (AvgIpc) is 3.04. The lowest BCUT2D eigenvalue weighted by molar-refractivity contribution is -0.140. The standard InChI is InChI=1S/C18H22ClN3O3/c1-12(2)17-15(18(24)20-10-4-5-16(23)25-3)11-21-22(17)14-8-6-13(19)7-9-14/h6-9,11-12H,4-5,10H2,1-3H3,(H,20,24). The van der Waals surface area contributed by atoms with Gasteiger partial charge in [-0.2, -0.15) is 5.10 Å². The highest BCUT2D eigenvalue weighted by atomic mass is 35.5. The summed E-state index contributed by atoms with van der Waals surface area (Å²) in [6.45, 7) is 4.42. The van der Waals surface area contributed by atoms with Gasteiger partial charge < -0.3 is 10.1 Å². The second kappa shape index (κ2) is 8.67. The van der Waals surface area contributed by atoms with E-state index >= 15 is 0 Å². The van der Waals surface area contributed by atoms with E-state index < -0.39 is 0 Å². The van der Waals surface area contributed by atoms with Gasteiger partial charge in [0.05, 0.1) is 30.3 Å². The topological polar surface area (TPSA) is 73.2 Å². The zero-order chi connectivity index (χ0) is 18.4. The Balaban J connectivity index is 2.14. The predicted octanol–water partition coefficient (Wildman–Crippen LogP) is 3.33. The molecule has 0 spiro atoms. The Bertz CT molecular complexity index is 739. The molecule has 6 nitrogen and oxygen atoms in total. The van der Waals surface area contributed by atoms with E-state index in [4.69, 9.17) is 11.6 Å². The van der Waals surface area contributed by atoms with Crippen molar-refractivity contribution in [1.29, 1.82) is 0 Å². The molecule has 0 saturated heterocycles. The monoisotopic (exact) mass is 363 g/mol. The quantitative estimate of drug-likeness (QED) is 0.605. The number of nitrogens with zero attached hydrogens (tertiary/aromatic N) is 2. The Morgan fingerprint density at radius 1 is 1.28 bits per heavy atom. The van der Waals surface area contributed by atoms with Crippen LogP contribution in [-0.4, -0.2) is 35.3 Å². The number of aromatic nitrogens is 2. The molecule has 1 aromatic heterocycles. The lowest BCUT2D eigenvalue weighted by Gasteiger charge is -2.13. The number of halogens is 1. The van der Waals surface area contributed by atoms with E-state index in [2.05, 4.69) is 15.2 Å². The number of hydrogen-bond donors (Lipinski definition) is 1. The number of ether oxygens (including phenoxy) is 1. The maximum absolute atomic E-state index is 12.5. The van der Waals surface area contributed by atoms with Gasteiger partial charge in [0, 0.05) is 18.0 Å². The van der Waals surface area contributed by atoms with Gasteiger partial charge in [-0.1, -0.05) is 25.4 Å². The first kappa shape index (κ1) is 19.0. The molecule has 0 fully saturated rings.